The first-order chi connectivity index (χ1) is 12.2. The highest BCUT2D eigenvalue weighted by atomic mass is 16.5. The van der Waals surface area contributed by atoms with Gasteiger partial charge in [0, 0.05) is 12.5 Å². The molecular formula is C20H29N2O3+. The summed E-state index contributed by atoms with van der Waals surface area (Å²) in [6.07, 6.45) is 6.78. The molecule has 2 aliphatic rings. The standard InChI is InChI=1S/C20H28N2O3/c1-25-20(24)17-8-6-15(7-9-17)12-21-19(23)14-22-11-10-16-4-2-3-5-18(16)13-22/h6-9,16,18H,2-5,10-14H2,1H3,(H,21,23)/p+1/t16-,18-/m1/s1. The first-order valence-corrected chi connectivity index (χ1v) is 9.43. The van der Waals surface area contributed by atoms with Crippen LogP contribution in [0.15, 0.2) is 24.3 Å². The van der Waals surface area contributed by atoms with Crippen LogP contribution in [-0.4, -0.2) is 38.6 Å². The Balaban J connectivity index is 1.43. The number of esters is 1. The van der Waals surface area contributed by atoms with Crippen LogP contribution in [0.4, 0.5) is 0 Å². The van der Waals surface area contributed by atoms with E-state index >= 15 is 0 Å². The molecule has 3 rings (SSSR count). The summed E-state index contributed by atoms with van der Waals surface area (Å²) in [5.41, 5.74) is 1.51. The van der Waals surface area contributed by atoms with Gasteiger partial charge in [-0.2, -0.15) is 0 Å². The van der Waals surface area contributed by atoms with Gasteiger partial charge in [-0.25, -0.2) is 4.79 Å². The molecule has 1 amide bonds. The van der Waals surface area contributed by atoms with Gasteiger partial charge in [-0.3, -0.25) is 4.79 Å². The molecule has 5 nitrogen and oxygen atoms in total. The van der Waals surface area contributed by atoms with Gasteiger partial charge in [0.05, 0.1) is 25.8 Å². The van der Waals surface area contributed by atoms with E-state index in [-0.39, 0.29) is 11.9 Å². The molecule has 3 atom stereocenters. The van der Waals surface area contributed by atoms with Crippen LogP contribution in [0.5, 0.6) is 0 Å². The van der Waals surface area contributed by atoms with Gasteiger partial charge in [-0.1, -0.05) is 25.0 Å². The Morgan fingerprint density at radius 2 is 1.84 bits per heavy atom. The Bertz CT molecular complexity index is 599. The molecule has 1 heterocycles. The van der Waals surface area contributed by atoms with Gasteiger partial charge >= 0.3 is 5.97 Å². The zero-order valence-electron chi connectivity index (χ0n) is 15.1. The van der Waals surface area contributed by atoms with E-state index in [1.165, 1.54) is 44.1 Å². The van der Waals surface area contributed by atoms with Crippen molar-refractivity contribution in [3.8, 4) is 0 Å². The molecular weight excluding hydrogens is 316 g/mol. The third-order valence-corrected chi connectivity index (χ3v) is 5.76. The fourth-order valence-corrected chi connectivity index (χ4v) is 4.32. The maximum Gasteiger partial charge on any atom is 0.337 e. The van der Waals surface area contributed by atoms with Crippen LogP contribution in [0, 0.1) is 11.8 Å². The Hall–Kier alpha value is -1.88. The summed E-state index contributed by atoms with van der Waals surface area (Å²) < 4.78 is 4.69. The first kappa shape index (κ1) is 17.9. The van der Waals surface area contributed by atoms with Crippen LogP contribution >= 0.6 is 0 Å². The average Bonchev–Trinajstić information content (AvgIpc) is 2.66. The molecule has 1 aliphatic carbocycles. The summed E-state index contributed by atoms with van der Waals surface area (Å²) in [6, 6.07) is 7.17. The molecule has 0 spiro atoms. The largest absolute Gasteiger partial charge is 0.465 e. The monoisotopic (exact) mass is 345 g/mol. The van der Waals surface area contributed by atoms with Gasteiger partial charge < -0.3 is 15.0 Å². The van der Waals surface area contributed by atoms with Crippen LogP contribution in [0.2, 0.25) is 0 Å². The molecule has 0 radical (unpaired) electrons. The smallest absolute Gasteiger partial charge is 0.337 e. The van der Waals surface area contributed by atoms with Crippen molar-refractivity contribution in [3.05, 3.63) is 35.4 Å². The molecule has 1 aromatic rings. The second-order valence-electron chi connectivity index (χ2n) is 7.44. The minimum absolute atomic E-state index is 0.112. The van der Waals surface area contributed by atoms with Crippen LogP contribution < -0.4 is 10.2 Å². The van der Waals surface area contributed by atoms with Crippen LogP contribution in [-0.2, 0) is 16.1 Å². The number of ether oxygens (including phenoxy) is 1. The van der Waals surface area contributed by atoms with Crippen LogP contribution in [0.1, 0.15) is 48.0 Å². The number of hydrogen-bond acceptors (Lipinski definition) is 3. The minimum atomic E-state index is -0.342. The summed E-state index contributed by atoms with van der Waals surface area (Å²) >= 11 is 0. The Morgan fingerprint density at radius 1 is 1.12 bits per heavy atom. The fourth-order valence-electron chi connectivity index (χ4n) is 4.32. The second-order valence-corrected chi connectivity index (χ2v) is 7.44. The first-order valence-electron chi connectivity index (χ1n) is 9.43. The van der Waals surface area contributed by atoms with Gasteiger partial charge in [0.25, 0.3) is 5.91 Å². The quantitative estimate of drug-likeness (QED) is 0.788. The number of carbonyl (C=O) groups is 2. The van der Waals surface area contributed by atoms with Crippen molar-refractivity contribution in [2.45, 2.75) is 38.6 Å². The number of fused-ring (bicyclic) bond motifs is 1. The highest BCUT2D eigenvalue weighted by molar-refractivity contribution is 5.89. The third kappa shape index (κ3) is 4.82. The minimum Gasteiger partial charge on any atom is -0.465 e. The normalized spacial score (nSPS) is 25.7. The highest BCUT2D eigenvalue weighted by Crippen LogP contribution is 2.32. The number of carbonyl (C=O) groups excluding carboxylic acids is 2. The molecule has 1 saturated heterocycles. The third-order valence-electron chi connectivity index (χ3n) is 5.76. The molecule has 1 aromatic carbocycles. The van der Waals surface area contributed by atoms with E-state index in [1.807, 2.05) is 12.1 Å². The molecule has 2 N–H and O–H groups in total. The summed E-state index contributed by atoms with van der Waals surface area (Å²) in [5.74, 6) is 1.51. The topological polar surface area (TPSA) is 59.8 Å². The van der Waals surface area contributed by atoms with Crippen molar-refractivity contribution < 1.29 is 19.2 Å². The van der Waals surface area contributed by atoms with Crippen molar-refractivity contribution in [2.75, 3.05) is 26.7 Å². The lowest BCUT2D eigenvalue weighted by Crippen LogP contribution is -3.15. The number of rotatable bonds is 5. The zero-order valence-corrected chi connectivity index (χ0v) is 15.1. The predicted octanol–water partition coefficient (Wildman–Crippen LogP) is 1.18. The number of piperidine rings is 1. The number of quaternary nitrogens is 1. The van der Waals surface area contributed by atoms with E-state index in [4.69, 9.17) is 0 Å². The maximum atomic E-state index is 12.3. The fraction of sp³-hybridized carbons (Fsp3) is 0.600. The zero-order chi connectivity index (χ0) is 17.6. The average molecular weight is 345 g/mol. The van der Waals surface area contributed by atoms with Gasteiger partial charge in [-0.05, 0) is 42.9 Å². The lowest BCUT2D eigenvalue weighted by atomic mass is 9.75. The number of methoxy groups -OCH3 is 1. The summed E-state index contributed by atoms with van der Waals surface area (Å²) in [4.78, 5) is 25.1. The molecule has 1 unspecified atom stereocenters. The van der Waals surface area contributed by atoms with Gasteiger partial charge in [0.2, 0.25) is 0 Å². The SMILES string of the molecule is COC(=O)c1ccc(CNC(=O)C[NH+]2CC[C@H]3CCCC[C@@H]3C2)cc1. The van der Waals surface area contributed by atoms with E-state index in [1.54, 1.807) is 12.1 Å². The number of benzene rings is 1. The molecule has 5 heteroatoms. The van der Waals surface area contributed by atoms with E-state index in [0.29, 0.717) is 18.7 Å². The number of hydrogen-bond donors (Lipinski definition) is 2. The molecule has 1 saturated carbocycles. The van der Waals surface area contributed by atoms with Crippen molar-refractivity contribution in [1.82, 2.24) is 5.32 Å². The summed E-state index contributed by atoms with van der Waals surface area (Å²) in [7, 11) is 1.37. The molecule has 0 bridgehead atoms. The van der Waals surface area contributed by atoms with Crippen molar-refractivity contribution in [2.24, 2.45) is 11.8 Å². The number of nitrogens with one attached hydrogen (secondary N) is 2. The molecule has 25 heavy (non-hydrogen) atoms. The van der Waals surface area contributed by atoms with Crippen molar-refractivity contribution >= 4 is 11.9 Å². The van der Waals surface area contributed by atoms with Crippen molar-refractivity contribution in [3.63, 3.8) is 0 Å². The van der Waals surface area contributed by atoms with Crippen LogP contribution in [0.25, 0.3) is 0 Å². The van der Waals surface area contributed by atoms with Crippen LogP contribution in [0.3, 0.4) is 0 Å². The Labute approximate surface area is 149 Å². The lowest BCUT2D eigenvalue weighted by Gasteiger charge is -2.38. The van der Waals surface area contributed by atoms with E-state index in [0.717, 1.165) is 30.5 Å². The Kier molecular flexibility index (Phi) is 6.08. The van der Waals surface area contributed by atoms with Gasteiger partial charge in [-0.15, -0.1) is 0 Å². The lowest BCUT2D eigenvalue weighted by molar-refractivity contribution is -0.902. The molecule has 2 fully saturated rings. The molecule has 0 aromatic heterocycles. The maximum absolute atomic E-state index is 12.3. The molecule has 1 aliphatic heterocycles. The predicted molar refractivity (Wildman–Crippen MR) is 95.3 cm³/mol. The molecule has 136 valence electrons. The summed E-state index contributed by atoms with van der Waals surface area (Å²) in [5, 5.41) is 3.01. The van der Waals surface area contributed by atoms with E-state index in [2.05, 4.69) is 10.1 Å². The highest BCUT2D eigenvalue weighted by Gasteiger charge is 2.34. The van der Waals surface area contributed by atoms with Gasteiger partial charge in [0.1, 0.15) is 0 Å². The van der Waals surface area contributed by atoms with Crippen molar-refractivity contribution in [1.29, 1.82) is 0 Å². The van der Waals surface area contributed by atoms with E-state index < -0.39 is 0 Å². The van der Waals surface area contributed by atoms with Gasteiger partial charge in [0.15, 0.2) is 6.54 Å². The Morgan fingerprint density at radius 3 is 2.56 bits per heavy atom. The summed E-state index contributed by atoms with van der Waals surface area (Å²) in [6.45, 7) is 3.36. The van der Waals surface area contributed by atoms with E-state index in [9.17, 15) is 9.59 Å². The second kappa shape index (κ2) is 8.48. The number of amides is 1. The number of likely N-dealkylation sites (tertiary alicyclic amines) is 1.